The van der Waals surface area contributed by atoms with E-state index in [4.69, 9.17) is 9.47 Å². The second-order valence-corrected chi connectivity index (χ2v) is 7.21. The minimum Gasteiger partial charge on any atom is -0.496 e. The van der Waals surface area contributed by atoms with Gasteiger partial charge in [0.25, 0.3) is 11.8 Å². The zero-order chi connectivity index (χ0) is 22.5. The van der Waals surface area contributed by atoms with Crippen LogP contribution >= 0.6 is 0 Å². The molecule has 0 fully saturated rings. The van der Waals surface area contributed by atoms with Gasteiger partial charge in [0.15, 0.2) is 0 Å². The molecule has 162 valence electrons. The highest BCUT2D eigenvalue weighted by Gasteiger charge is 2.39. The van der Waals surface area contributed by atoms with Crippen molar-refractivity contribution in [2.24, 2.45) is 0 Å². The van der Waals surface area contributed by atoms with Crippen LogP contribution in [0.25, 0.3) is 5.57 Å². The number of carbonyl (C=O) groups excluding carboxylic acids is 2. The standard InChI is InChI=1S/C26H24N2O4/c1-3-32-21-15-13-20(14-16-21)27-24-23(18-9-5-4-6-10-18)25(29)28(26(24)30)17-19-11-7-8-12-22(19)31-2/h4-16,27H,3,17H2,1-2H3. The van der Waals surface area contributed by atoms with E-state index in [1.165, 1.54) is 4.90 Å². The Morgan fingerprint density at radius 1 is 0.844 bits per heavy atom. The van der Waals surface area contributed by atoms with Crippen molar-refractivity contribution in [1.29, 1.82) is 0 Å². The second kappa shape index (κ2) is 9.39. The number of methoxy groups -OCH3 is 1. The quantitative estimate of drug-likeness (QED) is 0.536. The number of anilines is 1. The average molecular weight is 428 g/mol. The van der Waals surface area contributed by atoms with Gasteiger partial charge in [0, 0.05) is 11.3 Å². The van der Waals surface area contributed by atoms with Gasteiger partial charge in [-0.05, 0) is 42.8 Å². The van der Waals surface area contributed by atoms with Crippen LogP contribution in [-0.2, 0) is 16.1 Å². The van der Waals surface area contributed by atoms with E-state index in [0.29, 0.717) is 29.2 Å². The Morgan fingerprint density at radius 2 is 1.53 bits per heavy atom. The maximum atomic E-state index is 13.4. The van der Waals surface area contributed by atoms with E-state index < -0.39 is 0 Å². The average Bonchev–Trinajstić information content (AvgIpc) is 3.05. The van der Waals surface area contributed by atoms with Crippen molar-refractivity contribution >= 4 is 23.1 Å². The van der Waals surface area contributed by atoms with Crippen LogP contribution in [0.4, 0.5) is 5.69 Å². The van der Waals surface area contributed by atoms with Crippen molar-refractivity contribution in [2.75, 3.05) is 19.0 Å². The van der Waals surface area contributed by atoms with E-state index >= 15 is 0 Å². The van der Waals surface area contributed by atoms with Crippen LogP contribution in [0.2, 0.25) is 0 Å². The molecule has 0 spiro atoms. The molecule has 6 nitrogen and oxygen atoms in total. The summed E-state index contributed by atoms with van der Waals surface area (Å²) < 4.78 is 10.9. The first-order valence-electron chi connectivity index (χ1n) is 10.4. The van der Waals surface area contributed by atoms with Crippen LogP contribution in [0.5, 0.6) is 11.5 Å². The molecule has 4 rings (SSSR count). The predicted molar refractivity (Wildman–Crippen MR) is 123 cm³/mol. The molecule has 0 bridgehead atoms. The monoisotopic (exact) mass is 428 g/mol. The smallest absolute Gasteiger partial charge is 0.278 e. The molecular formula is C26H24N2O4. The molecule has 0 unspecified atom stereocenters. The van der Waals surface area contributed by atoms with Gasteiger partial charge in [-0.2, -0.15) is 0 Å². The molecule has 0 aliphatic carbocycles. The SMILES string of the molecule is CCOc1ccc(NC2=C(c3ccccc3)C(=O)N(Cc3ccccc3OC)C2=O)cc1. The van der Waals surface area contributed by atoms with Gasteiger partial charge >= 0.3 is 0 Å². The molecule has 1 aliphatic rings. The van der Waals surface area contributed by atoms with Crippen molar-refractivity contribution in [3.8, 4) is 11.5 Å². The molecule has 1 heterocycles. The molecule has 0 saturated carbocycles. The van der Waals surface area contributed by atoms with E-state index in [1.807, 2.05) is 85.8 Å². The summed E-state index contributed by atoms with van der Waals surface area (Å²) in [6, 6.07) is 23.9. The number of rotatable bonds is 8. The number of ether oxygens (including phenoxy) is 2. The Balaban J connectivity index is 1.69. The lowest BCUT2D eigenvalue weighted by atomic mass is 10.0. The lowest BCUT2D eigenvalue weighted by Gasteiger charge is -2.17. The zero-order valence-corrected chi connectivity index (χ0v) is 18.0. The van der Waals surface area contributed by atoms with Gasteiger partial charge in [-0.1, -0.05) is 48.5 Å². The molecule has 3 aromatic rings. The van der Waals surface area contributed by atoms with Gasteiger partial charge < -0.3 is 14.8 Å². The minimum atomic E-state index is -0.381. The fourth-order valence-corrected chi connectivity index (χ4v) is 3.66. The normalized spacial score (nSPS) is 13.5. The predicted octanol–water partition coefficient (Wildman–Crippen LogP) is 4.49. The third-order valence-corrected chi connectivity index (χ3v) is 5.19. The summed E-state index contributed by atoms with van der Waals surface area (Å²) >= 11 is 0. The fraction of sp³-hybridized carbons (Fsp3) is 0.154. The number of carbonyl (C=O) groups is 2. The first-order valence-corrected chi connectivity index (χ1v) is 10.4. The highest BCUT2D eigenvalue weighted by Crippen LogP contribution is 2.33. The highest BCUT2D eigenvalue weighted by atomic mass is 16.5. The fourth-order valence-electron chi connectivity index (χ4n) is 3.66. The van der Waals surface area contributed by atoms with E-state index in [1.54, 1.807) is 7.11 Å². The lowest BCUT2D eigenvalue weighted by molar-refractivity contribution is -0.137. The van der Waals surface area contributed by atoms with E-state index in [2.05, 4.69) is 5.32 Å². The summed E-state index contributed by atoms with van der Waals surface area (Å²) in [6.45, 7) is 2.61. The maximum absolute atomic E-state index is 13.4. The number of nitrogens with one attached hydrogen (secondary N) is 1. The van der Waals surface area contributed by atoms with Crippen molar-refractivity contribution in [2.45, 2.75) is 13.5 Å². The number of hydrogen-bond donors (Lipinski definition) is 1. The van der Waals surface area contributed by atoms with Gasteiger partial charge in [-0.15, -0.1) is 0 Å². The first kappa shape index (κ1) is 21.2. The van der Waals surface area contributed by atoms with Crippen molar-refractivity contribution < 1.29 is 19.1 Å². The van der Waals surface area contributed by atoms with Crippen molar-refractivity contribution in [3.05, 3.63) is 95.7 Å². The third-order valence-electron chi connectivity index (χ3n) is 5.19. The van der Waals surface area contributed by atoms with Crippen molar-refractivity contribution in [3.63, 3.8) is 0 Å². The van der Waals surface area contributed by atoms with Gasteiger partial charge in [-0.3, -0.25) is 14.5 Å². The lowest BCUT2D eigenvalue weighted by Crippen LogP contribution is -2.32. The number of amides is 2. The summed E-state index contributed by atoms with van der Waals surface area (Å²) in [6.07, 6.45) is 0. The van der Waals surface area contributed by atoms with Crippen LogP contribution in [0, 0.1) is 0 Å². The Kier molecular flexibility index (Phi) is 6.22. The van der Waals surface area contributed by atoms with Gasteiger partial charge in [0.2, 0.25) is 0 Å². The highest BCUT2D eigenvalue weighted by molar-refractivity contribution is 6.36. The Bertz CT molecular complexity index is 1150. The molecule has 1 N–H and O–H groups in total. The molecule has 0 atom stereocenters. The summed E-state index contributed by atoms with van der Waals surface area (Å²) in [7, 11) is 1.57. The molecule has 32 heavy (non-hydrogen) atoms. The molecule has 6 heteroatoms. The number of nitrogens with zero attached hydrogens (tertiary/aromatic N) is 1. The largest absolute Gasteiger partial charge is 0.496 e. The molecule has 1 aliphatic heterocycles. The van der Waals surface area contributed by atoms with Crippen molar-refractivity contribution in [1.82, 2.24) is 4.90 Å². The van der Waals surface area contributed by atoms with Gasteiger partial charge in [0.1, 0.15) is 17.2 Å². The molecule has 0 radical (unpaired) electrons. The summed E-state index contributed by atoms with van der Waals surface area (Å²) in [5.41, 5.74) is 2.73. The molecule has 2 amide bonds. The van der Waals surface area contributed by atoms with E-state index in [9.17, 15) is 9.59 Å². The van der Waals surface area contributed by atoms with E-state index in [-0.39, 0.29) is 24.1 Å². The van der Waals surface area contributed by atoms with E-state index in [0.717, 1.165) is 11.3 Å². The number of benzene rings is 3. The molecule has 0 saturated heterocycles. The van der Waals surface area contributed by atoms with Crippen LogP contribution < -0.4 is 14.8 Å². The second-order valence-electron chi connectivity index (χ2n) is 7.21. The zero-order valence-electron chi connectivity index (χ0n) is 18.0. The molecule has 0 aromatic heterocycles. The van der Waals surface area contributed by atoms with Crippen LogP contribution in [0.15, 0.2) is 84.6 Å². The van der Waals surface area contributed by atoms with Gasteiger partial charge in [0.05, 0.1) is 25.8 Å². The topological polar surface area (TPSA) is 67.9 Å². The summed E-state index contributed by atoms with van der Waals surface area (Å²) in [4.78, 5) is 28.1. The Labute approximate surface area is 187 Å². The minimum absolute atomic E-state index is 0.118. The molecular weight excluding hydrogens is 404 g/mol. The Morgan fingerprint density at radius 3 is 2.22 bits per heavy atom. The number of para-hydroxylation sites is 1. The summed E-state index contributed by atoms with van der Waals surface area (Å²) in [5, 5.41) is 3.16. The van der Waals surface area contributed by atoms with Crippen LogP contribution in [0.1, 0.15) is 18.1 Å². The number of imide groups is 1. The third kappa shape index (κ3) is 4.21. The Hall–Kier alpha value is -4.06. The molecule has 3 aromatic carbocycles. The first-order chi connectivity index (χ1) is 15.6. The van der Waals surface area contributed by atoms with Crippen LogP contribution in [0.3, 0.4) is 0 Å². The van der Waals surface area contributed by atoms with Gasteiger partial charge in [-0.25, -0.2) is 0 Å². The summed E-state index contributed by atoms with van der Waals surface area (Å²) in [5.74, 6) is 0.637. The number of hydrogen-bond acceptors (Lipinski definition) is 5. The maximum Gasteiger partial charge on any atom is 0.278 e. The van der Waals surface area contributed by atoms with Crippen LogP contribution in [-0.4, -0.2) is 30.4 Å².